The first-order chi connectivity index (χ1) is 15.6. The number of hydrogen-bond donors (Lipinski definition) is 2. The van der Waals surface area contributed by atoms with Gasteiger partial charge < -0.3 is 10.5 Å². The molecule has 32 heavy (non-hydrogen) atoms. The molecule has 0 amide bonds. The summed E-state index contributed by atoms with van der Waals surface area (Å²) >= 11 is 0. The molecule has 1 fully saturated rings. The molecule has 7 nitrogen and oxygen atoms in total. The zero-order valence-electron chi connectivity index (χ0n) is 17.9. The van der Waals surface area contributed by atoms with E-state index >= 15 is 0 Å². The maximum Gasteiger partial charge on any atom is 0.339 e. The lowest BCUT2D eigenvalue weighted by molar-refractivity contribution is 0.0197. The minimum Gasteiger partial charge on any atom is -0.459 e. The molecule has 4 aromatic rings. The van der Waals surface area contributed by atoms with E-state index in [2.05, 4.69) is 20.2 Å². The lowest BCUT2D eigenvalue weighted by Gasteiger charge is -2.25. The number of benzene rings is 1. The van der Waals surface area contributed by atoms with Crippen LogP contribution in [0, 0.1) is 6.92 Å². The van der Waals surface area contributed by atoms with Crippen LogP contribution < -0.4 is 5.73 Å². The van der Waals surface area contributed by atoms with E-state index in [1.807, 2.05) is 49.4 Å². The summed E-state index contributed by atoms with van der Waals surface area (Å²) < 4.78 is 5.71. The van der Waals surface area contributed by atoms with Gasteiger partial charge in [0, 0.05) is 28.9 Å². The first kappa shape index (κ1) is 20.3. The van der Waals surface area contributed by atoms with Crippen molar-refractivity contribution >= 4 is 16.9 Å². The van der Waals surface area contributed by atoms with Crippen molar-refractivity contribution in [2.24, 2.45) is 5.73 Å². The molecule has 7 heteroatoms. The molecule has 0 unspecified atom stereocenters. The third-order valence-corrected chi connectivity index (χ3v) is 6.00. The van der Waals surface area contributed by atoms with E-state index < -0.39 is 0 Å². The zero-order chi connectivity index (χ0) is 22.1. The largest absolute Gasteiger partial charge is 0.459 e. The van der Waals surface area contributed by atoms with Gasteiger partial charge in [0.2, 0.25) is 0 Å². The van der Waals surface area contributed by atoms with Crippen LogP contribution in [0.4, 0.5) is 0 Å². The van der Waals surface area contributed by atoms with Crippen molar-refractivity contribution in [1.82, 2.24) is 20.2 Å². The SMILES string of the molecule is Cc1cccc(-c2[nH]ncc2-c2ccc3ncc(C(=O)OC4CCC(N)CC4)cc3c2)n1. The van der Waals surface area contributed by atoms with E-state index in [1.54, 1.807) is 12.4 Å². The average Bonchev–Trinajstić information content (AvgIpc) is 3.30. The summed E-state index contributed by atoms with van der Waals surface area (Å²) in [4.78, 5) is 21.8. The highest BCUT2D eigenvalue weighted by Crippen LogP contribution is 2.31. The summed E-state index contributed by atoms with van der Waals surface area (Å²) in [6.07, 6.45) is 6.71. The molecule has 3 heterocycles. The molecule has 162 valence electrons. The monoisotopic (exact) mass is 427 g/mol. The summed E-state index contributed by atoms with van der Waals surface area (Å²) in [6.45, 7) is 1.96. The zero-order valence-corrected chi connectivity index (χ0v) is 17.9. The van der Waals surface area contributed by atoms with Crippen LogP contribution in [0.15, 0.2) is 54.9 Å². The number of aromatic amines is 1. The Kier molecular flexibility index (Phi) is 5.41. The Hall–Kier alpha value is -3.58. The van der Waals surface area contributed by atoms with Crippen LogP contribution in [-0.2, 0) is 4.74 Å². The Morgan fingerprint density at radius 3 is 2.75 bits per heavy atom. The molecule has 3 aromatic heterocycles. The van der Waals surface area contributed by atoms with Crippen molar-refractivity contribution in [2.45, 2.75) is 44.8 Å². The fraction of sp³-hybridized carbons (Fsp3) is 0.280. The Labute approximate surface area is 186 Å². The molecule has 1 aliphatic carbocycles. The number of fused-ring (bicyclic) bond motifs is 1. The molecule has 1 saturated carbocycles. The van der Waals surface area contributed by atoms with E-state index in [9.17, 15) is 4.79 Å². The Morgan fingerprint density at radius 2 is 1.94 bits per heavy atom. The van der Waals surface area contributed by atoms with Crippen LogP contribution in [0.5, 0.6) is 0 Å². The number of carbonyl (C=O) groups is 1. The van der Waals surface area contributed by atoms with Crippen molar-refractivity contribution in [1.29, 1.82) is 0 Å². The van der Waals surface area contributed by atoms with E-state index in [1.165, 1.54) is 0 Å². The molecule has 0 aliphatic heterocycles. The van der Waals surface area contributed by atoms with Gasteiger partial charge in [0.1, 0.15) is 6.10 Å². The minimum atomic E-state index is -0.335. The van der Waals surface area contributed by atoms with Crippen LogP contribution in [0.2, 0.25) is 0 Å². The van der Waals surface area contributed by atoms with Gasteiger partial charge in [-0.1, -0.05) is 12.1 Å². The van der Waals surface area contributed by atoms with Gasteiger partial charge in [0.25, 0.3) is 0 Å². The number of nitrogens with one attached hydrogen (secondary N) is 1. The number of H-pyrrole nitrogens is 1. The number of nitrogens with two attached hydrogens (primary N) is 1. The number of pyridine rings is 2. The molecule has 0 saturated heterocycles. The van der Waals surface area contributed by atoms with E-state index in [0.717, 1.165) is 64.8 Å². The van der Waals surface area contributed by atoms with Gasteiger partial charge in [-0.15, -0.1) is 0 Å². The molecular formula is C25H25N5O2. The standard InChI is InChI=1S/C25H25N5O2/c1-15-3-2-4-23(29-15)24-21(14-28-30-24)16-5-10-22-17(11-16)12-18(13-27-22)25(31)32-20-8-6-19(26)7-9-20/h2-5,10-14,19-20H,6-9,26H2,1H3,(H,28,30). The number of ether oxygens (including phenoxy) is 1. The number of nitrogens with zero attached hydrogens (tertiary/aromatic N) is 3. The summed E-state index contributed by atoms with van der Waals surface area (Å²) in [5.74, 6) is -0.335. The molecule has 3 N–H and O–H groups in total. The molecule has 1 aliphatic rings. The highest BCUT2D eigenvalue weighted by molar-refractivity contribution is 5.95. The number of rotatable bonds is 4. The first-order valence-electron chi connectivity index (χ1n) is 10.9. The van der Waals surface area contributed by atoms with Crippen LogP contribution in [-0.4, -0.2) is 38.3 Å². The quantitative estimate of drug-likeness (QED) is 0.467. The van der Waals surface area contributed by atoms with E-state index in [4.69, 9.17) is 10.5 Å². The predicted molar refractivity (Wildman–Crippen MR) is 123 cm³/mol. The summed E-state index contributed by atoms with van der Waals surface area (Å²) in [5.41, 5.74) is 11.8. The van der Waals surface area contributed by atoms with Gasteiger partial charge in [-0.3, -0.25) is 15.1 Å². The Bertz CT molecular complexity index is 1270. The lowest BCUT2D eigenvalue weighted by Crippen LogP contribution is -2.31. The fourth-order valence-electron chi connectivity index (χ4n) is 4.22. The first-order valence-corrected chi connectivity index (χ1v) is 10.9. The van der Waals surface area contributed by atoms with Gasteiger partial charge in [-0.05, 0) is 68.5 Å². The Morgan fingerprint density at radius 1 is 1.09 bits per heavy atom. The molecule has 1 aromatic carbocycles. The van der Waals surface area contributed by atoms with Crippen LogP contribution in [0.25, 0.3) is 33.4 Å². The second-order valence-corrected chi connectivity index (χ2v) is 8.40. The topological polar surface area (TPSA) is 107 Å². The Balaban J connectivity index is 1.43. The maximum atomic E-state index is 12.7. The second kappa shape index (κ2) is 8.51. The number of hydrogen-bond acceptors (Lipinski definition) is 6. The number of aromatic nitrogens is 4. The minimum absolute atomic E-state index is 0.0698. The van der Waals surface area contributed by atoms with Crippen molar-refractivity contribution in [3.63, 3.8) is 0 Å². The van der Waals surface area contributed by atoms with E-state index in [0.29, 0.717) is 5.56 Å². The highest BCUT2D eigenvalue weighted by Gasteiger charge is 2.22. The van der Waals surface area contributed by atoms with Crippen LogP contribution >= 0.6 is 0 Å². The summed E-state index contributed by atoms with van der Waals surface area (Å²) in [5, 5.41) is 8.17. The van der Waals surface area contributed by atoms with Gasteiger partial charge in [0.05, 0.1) is 28.7 Å². The van der Waals surface area contributed by atoms with E-state index in [-0.39, 0.29) is 18.1 Å². The smallest absolute Gasteiger partial charge is 0.339 e. The van der Waals surface area contributed by atoms with Crippen LogP contribution in [0.3, 0.4) is 0 Å². The number of esters is 1. The second-order valence-electron chi connectivity index (χ2n) is 8.40. The normalized spacial score (nSPS) is 18.6. The molecule has 5 rings (SSSR count). The number of aryl methyl sites for hydroxylation is 1. The van der Waals surface area contributed by atoms with Crippen molar-refractivity contribution in [2.75, 3.05) is 0 Å². The van der Waals surface area contributed by atoms with Crippen molar-refractivity contribution in [3.8, 4) is 22.5 Å². The molecule has 0 atom stereocenters. The predicted octanol–water partition coefficient (Wildman–Crippen LogP) is 4.42. The summed E-state index contributed by atoms with van der Waals surface area (Å²) in [7, 11) is 0. The average molecular weight is 428 g/mol. The third-order valence-electron chi connectivity index (χ3n) is 6.00. The summed E-state index contributed by atoms with van der Waals surface area (Å²) in [6, 6.07) is 13.9. The maximum absolute atomic E-state index is 12.7. The number of carbonyl (C=O) groups excluding carboxylic acids is 1. The highest BCUT2D eigenvalue weighted by atomic mass is 16.5. The van der Waals surface area contributed by atoms with Gasteiger partial charge >= 0.3 is 5.97 Å². The third kappa shape index (κ3) is 4.11. The van der Waals surface area contributed by atoms with Gasteiger partial charge in [0.15, 0.2) is 0 Å². The van der Waals surface area contributed by atoms with Gasteiger partial charge in [-0.25, -0.2) is 4.79 Å². The fourth-order valence-corrected chi connectivity index (χ4v) is 4.22. The molecular weight excluding hydrogens is 402 g/mol. The molecule has 0 bridgehead atoms. The lowest BCUT2D eigenvalue weighted by atomic mass is 9.94. The molecule has 0 spiro atoms. The van der Waals surface area contributed by atoms with Crippen LogP contribution in [0.1, 0.15) is 41.7 Å². The van der Waals surface area contributed by atoms with Gasteiger partial charge in [-0.2, -0.15) is 5.10 Å². The van der Waals surface area contributed by atoms with Crippen molar-refractivity contribution < 1.29 is 9.53 Å². The molecule has 0 radical (unpaired) electrons. The van der Waals surface area contributed by atoms with Crippen molar-refractivity contribution in [3.05, 3.63) is 66.1 Å².